The monoisotopic (exact) mass is 521 g/mol. The summed E-state index contributed by atoms with van der Waals surface area (Å²) in [6.07, 6.45) is 0.561. The molecule has 2 amide bonds. The average molecular weight is 522 g/mol. The van der Waals surface area contributed by atoms with E-state index in [0.717, 1.165) is 22.2 Å². The summed E-state index contributed by atoms with van der Waals surface area (Å²) in [4.78, 5) is 27.8. The van der Waals surface area contributed by atoms with Crippen LogP contribution in [0.1, 0.15) is 36.7 Å². The molecular weight excluding hydrogens is 490 g/mol. The largest absolute Gasteiger partial charge is 0.490 e. The Morgan fingerprint density at radius 2 is 1.97 bits per heavy atom. The number of allylic oxidation sites excluding steroid dienone is 1. The number of carbonyl (C=O) groups excluding carboxylic acids is 2. The highest BCUT2D eigenvalue weighted by molar-refractivity contribution is 6.00. The molecule has 200 valence electrons. The normalized spacial score (nSPS) is 16.2. The fourth-order valence-electron chi connectivity index (χ4n) is 4.27. The Balaban J connectivity index is 1.45. The summed E-state index contributed by atoms with van der Waals surface area (Å²) in [5.74, 6) is 0.217. The molecular formula is C27H31N5O6. The molecule has 2 heterocycles. The number of nitrogens with one attached hydrogen (secondary N) is 4. The molecule has 11 heteroatoms. The van der Waals surface area contributed by atoms with Crippen molar-refractivity contribution >= 4 is 29.1 Å². The van der Waals surface area contributed by atoms with Gasteiger partial charge in [-0.3, -0.25) is 5.43 Å². The van der Waals surface area contributed by atoms with Gasteiger partial charge in [-0.2, -0.15) is 5.10 Å². The summed E-state index contributed by atoms with van der Waals surface area (Å²) in [7, 11) is 1.28. The molecule has 0 radical (unpaired) electrons. The number of aromatic nitrogens is 1. The molecule has 1 aliphatic heterocycles. The lowest BCUT2D eigenvalue weighted by Crippen LogP contribution is -2.45. The fraction of sp³-hybridized carbons (Fsp3) is 0.296. The van der Waals surface area contributed by atoms with Gasteiger partial charge in [-0.1, -0.05) is 24.3 Å². The number of ether oxygens (including phenoxy) is 3. The third-order valence-electron chi connectivity index (χ3n) is 6.03. The third kappa shape index (κ3) is 5.73. The van der Waals surface area contributed by atoms with Gasteiger partial charge in [0.2, 0.25) is 0 Å². The van der Waals surface area contributed by atoms with Crippen LogP contribution in [0.15, 0.2) is 58.8 Å². The molecule has 2 aromatic carbocycles. The predicted octanol–water partition coefficient (Wildman–Crippen LogP) is 3.00. The van der Waals surface area contributed by atoms with Crippen molar-refractivity contribution in [1.82, 2.24) is 21.0 Å². The average Bonchev–Trinajstić information content (AvgIpc) is 3.22. The number of benzene rings is 2. The maximum absolute atomic E-state index is 12.4. The minimum absolute atomic E-state index is 0.111. The van der Waals surface area contributed by atoms with Gasteiger partial charge in [-0.25, -0.2) is 9.59 Å². The van der Waals surface area contributed by atoms with E-state index in [2.05, 4.69) is 26.1 Å². The van der Waals surface area contributed by atoms with Crippen LogP contribution in [0.4, 0.5) is 4.79 Å². The lowest BCUT2D eigenvalue weighted by molar-refractivity contribution is -0.136. The van der Waals surface area contributed by atoms with Crippen molar-refractivity contribution in [3.05, 3.63) is 70.6 Å². The SMILES string of the molecule is CCOc1cc([C@H]2NC(=O)NC(C)=C2C(=O)OC)ccc1OC[C@H](O)N/N=C\c1c(C)[nH]c2ccccc12. The Bertz CT molecular complexity index is 1400. The summed E-state index contributed by atoms with van der Waals surface area (Å²) >= 11 is 0. The van der Waals surface area contributed by atoms with E-state index in [-0.39, 0.29) is 12.2 Å². The number of aryl methyl sites for hydroxylation is 1. The second-order valence-corrected chi connectivity index (χ2v) is 8.62. The molecule has 4 rings (SSSR count). The van der Waals surface area contributed by atoms with E-state index >= 15 is 0 Å². The molecule has 0 aliphatic carbocycles. The second-order valence-electron chi connectivity index (χ2n) is 8.62. The first kappa shape index (κ1) is 26.6. The number of hydrogen-bond acceptors (Lipinski definition) is 8. The standard InChI is InChI=1S/C27H31N5O6/c1-5-37-22-12-17(25-24(26(34)36-4)16(3)30-27(35)31-25)10-11-21(22)38-14-23(33)32-28-13-19-15(2)29-20-9-7-6-8-18(19)20/h6-13,23,25,29,32-33H,5,14H2,1-4H3,(H2,30,31,35)/b28-13-/t23-,25+/m0/s1. The molecule has 3 aromatic rings. The van der Waals surface area contributed by atoms with Gasteiger partial charge in [-0.15, -0.1) is 0 Å². The smallest absolute Gasteiger partial charge is 0.337 e. The fourth-order valence-corrected chi connectivity index (χ4v) is 4.27. The number of urea groups is 1. The summed E-state index contributed by atoms with van der Waals surface area (Å²) in [5.41, 5.74) is 6.86. The molecule has 2 atom stereocenters. The van der Waals surface area contributed by atoms with E-state index in [9.17, 15) is 14.7 Å². The Kier molecular flexibility index (Phi) is 8.17. The van der Waals surface area contributed by atoms with Crippen molar-refractivity contribution < 1.29 is 28.9 Å². The summed E-state index contributed by atoms with van der Waals surface area (Å²) in [5, 5.41) is 20.9. The zero-order valence-corrected chi connectivity index (χ0v) is 21.6. The van der Waals surface area contributed by atoms with Crippen LogP contribution >= 0.6 is 0 Å². The van der Waals surface area contributed by atoms with Crippen LogP contribution in [0.3, 0.4) is 0 Å². The van der Waals surface area contributed by atoms with Crippen LogP contribution in [-0.4, -0.2) is 54.9 Å². The summed E-state index contributed by atoms with van der Waals surface area (Å²) in [6.45, 7) is 5.66. The van der Waals surface area contributed by atoms with E-state index < -0.39 is 24.3 Å². The molecule has 0 saturated carbocycles. The number of nitrogens with zero attached hydrogens (tertiary/aromatic N) is 1. The maximum Gasteiger partial charge on any atom is 0.337 e. The van der Waals surface area contributed by atoms with Gasteiger partial charge in [0.25, 0.3) is 0 Å². The number of H-pyrrole nitrogens is 1. The minimum Gasteiger partial charge on any atom is -0.490 e. The maximum atomic E-state index is 12.4. The first-order chi connectivity index (χ1) is 18.3. The third-order valence-corrected chi connectivity index (χ3v) is 6.03. The van der Waals surface area contributed by atoms with Crippen LogP contribution in [0.2, 0.25) is 0 Å². The van der Waals surface area contributed by atoms with Gasteiger partial charge >= 0.3 is 12.0 Å². The number of hydrogen-bond donors (Lipinski definition) is 5. The predicted molar refractivity (Wildman–Crippen MR) is 142 cm³/mol. The topological polar surface area (TPSA) is 146 Å². The zero-order valence-electron chi connectivity index (χ0n) is 21.6. The highest BCUT2D eigenvalue weighted by atomic mass is 16.5. The molecule has 0 bridgehead atoms. The number of esters is 1. The lowest BCUT2D eigenvalue weighted by atomic mass is 9.95. The number of fused-ring (bicyclic) bond motifs is 1. The van der Waals surface area contributed by atoms with Gasteiger partial charge in [-0.05, 0) is 44.5 Å². The van der Waals surface area contributed by atoms with Gasteiger partial charge < -0.3 is 34.9 Å². The Morgan fingerprint density at radius 1 is 1.18 bits per heavy atom. The van der Waals surface area contributed by atoms with Crippen molar-refractivity contribution in [3.8, 4) is 11.5 Å². The van der Waals surface area contributed by atoms with Crippen molar-refractivity contribution in [2.24, 2.45) is 5.10 Å². The molecule has 11 nitrogen and oxygen atoms in total. The molecule has 0 fully saturated rings. The molecule has 38 heavy (non-hydrogen) atoms. The molecule has 0 unspecified atom stereocenters. The lowest BCUT2D eigenvalue weighted by Gasteiger charge is -2.28. The van der Waals surface area contributed by atoms with Crippen LogP contribution in [0, 0.1) is 6.92 Å². The van der Waals surface area contributed by atoms with Crippen LogP contribution in [0.5, 0.6) is 11.5 Å². The van der Waals surface area contributed by atoms with Crippen molar-refractivity contribution in [2.45, 2.75) is 33.0 Å². The van der Waals surface area contributed by atoms with Crippen molar-refractivity contribution in [3.63, 3.8) is 0 Å². The first-order valence-electron chi connectivity index (χ1n) is 12.1. The summed E-state index contributed by atoms with van der Waals surface area (Å²) < 4.78 is 16.4. The molecule has 5 N–H and O–H groups in total. The molecule has 0 spiro atoms. The first-order valence-corrected chi connectivity index (χ1v) is 12.1. The van der Waals surface area contributed by atoms with E-state index in [1.807, 2.05) is 38.1 Å². The number of para-hydroxylation sites is 1. The summed E-state index contributed by atoms with van der Waals surface area (Å²) in [6, 6.07) is 11.8. The highest BCUT2D eigenvalue weighted by Crippen LogP contribution is 2.35. The Morgan fingerprint density at radius 3 is 2.74 bits per heavy atom. The van der Waals surface area contributed by atoms with Crippen LogP contribution < -0.4 is 25.5 Å². The second kappa shape index (κ2) is 11.7. The Labute approximate surface area is 219 Å². The van der Waals surface area contributed by atoms with Gasteiger partial charge in [0.05, 0.1) is 31.5 Å². The number of aliphatic hydroxyl groups excluding tert-OH is 1. The van der Waals surface area contributed by atoms with Crippen molar-refractivity contribution in [2.75, 3.05) is 20.3 Å². The van der Waals surface area contributed by atoms with E-state index in [1.165, 1.54) is 7.11 Å². The van der Waals surface area contributed by atoms with Gasteiger partial charge in [0, 0.05) is 27.9 Å². The number of carbonyl (C=O) groups is 2. The highest BCUT2D eigenvalue weighted by Gasteiger charge is 2.32. The number of aromatic amines is 1. The number of methoxy groups -OCH3 is 1. The number of hydrazone groups is 1. The number of amides is 2. The van der Waals surface area contributed by atoms with Gasteiger partial charge in [0.1, 0.15) is 6.61 Å². The quantitative estimate of drug-likeness (QED) is 0.119. The van der Waals surface area contributed by atoms with Crippen LogP contribution in [-0.2, 0) is 9.53 Å². The molecule has 0 saturated heterocycles. The van der Waals surface area contributed by atoms with Crippen LogP contribution in [0.25, 0.3) is 10.9 Å². The van der Waals surface area contributed by atoms with Crippen molar-refractivity contribution in [1.29, 1.82) is 0 Å². The molecule has 1 aromatic heterocycles. The number of rotatable bonds is 10. The van der Waals surface area contributed by atoms with E-state index in [4.69, 9.17) is 14.2 Å². The van der Waals surface area contributed by atoms with Gasteiger partial charge in [0.15, 0.2) is 17.7 Å². The Hall–Kier alpha value is -4.51. The minimum atomic E-state index is -1.09. The molecule has 1 aliphatic rings. The number of aliphatic hydroxyl groups is 1. The zero-order chi connectivity index (χ0) is 27.2. The van der Waals surface area contributed by atoms with E-state index in [0.29, 0.717) is 29.4 Å². The van der Waals surface area contributed by atoms with E-state index in [1.54, 1.807) is 31.3 Å².